The van der Waals surface area contributed by atoms with Crippen LogP contribution in [0.1, 0.15) is 16.1 Å². The molecule has 4 aromatic rings. The predicted octanol–water partition coefficient (Wildman–Crippen LogP) is 3.99. The van der Waals surface area contributed by atoms with Gasteiger partial charge in [0.25, 0.3) is 5.91 Å². The maximum Gasteiger partial charge on any atom is 0.420 e. The van der Waals surface area contributed by atoms with E-state index < -0.39 is 23.3 Å². The van der Waals surface area contributed by atoms with Crippen LogP contribution in [0.5, 0.6) is 0 Å². The number of carbonyl (C=O) groups is 1. The fraction of sp³-hybridized carbons (Fsp3) is 0.105. The van der Waals surface area contributed by atoms with Crippen LogP contribution in [0.4, 0.5) is 18.9 Å². The van der Waals surface area contributed by atoms with E-state index in [9.17, 15) is 18.0 Å². The van der Waals surface area contributed by atoms with Gasteiger partial charge in [0.05, 0.1) is 29.3 Å². The Balaban J connectivity index is 1.71. The Bertz CT molecular complexity index is 1240. The summed E-state index contributed by atoms with van der Waals surface area (Å²) in [7, 11) is 1.27. The van der Waals surface area contributed by atoms with E-state index in [0.29, 0.717) is 0 Å². The van der Waals surface area contributed by atoms with Crippen LogP contribution in [-0.4, -0.2) is 35.7 Å². The molecule has 4 rings (SSSR count). The van der Waals surface area contributed by atoms with Gasteiger partial charge in [-0.1, -0.05) is 41.9 Å². The summed E-state index contributed by atoms with van der Waals surface area (Å²) < 4.78 is 42.6. The van der Waals surface area contributed by atoms with Crippen molar-refractivity contribution in [2.45, 2.75) is 6.18 Å². The molecular formula is C19H13ClF3N7O. The topological polar surface area (TPSA) is 90.5 Å². The van der Waals surface area contributed by atoms with E-state index in [-0.39, 0.29) is 27.8 Å². The van der Waals surface area contributed by atoms with Gasteiger partial charge in [-0.15, -0.1) is 4.80 Å². The molecule has 1 amide bonds. The summed E-state index contributed by atoms with van der Waals surface area (Å²) in [5.41, 5.74) is -1.76. The van der Waals surface area contributed by atoms with Crippen molar-refractivity contribution < 1.29 is 18.0 Å². The number of aryl methyl sites for hydroxylation is 1. The van der Waals surface area contributed by atoms with Crippen LogP contribution >= 0.6 is 11.6 Å². The third-order valence-electron chi connectivity index (χ3n) is 4.28. The number of alkyl halides is 3. The first-order chi connectivity index (χ1) is 14.8. The third-order valence-corrected chi connectivity index (χ3v) is 4.56. The lowest BCUT2D eigenvalue weighted by Crippen LogP contribution is -2.21. The van der Waals surface area contributed by atoms with E-state index in [1.165, 1.54) is 48.6 Å². The molecule has 3 heterocycles. The SMILES string of the molecule is Cn1nc(-c2ccccc2)c(C(F)(F)F)c1C(=O)Nc1cnc(-n2nccn2)c(Cl)c1. The van der Waals surface area contributed by atoms with Crippen molar-refractivity contribution in [2.24, 2.45) is 7.05 Å². The highest BCUT2D eigenvalue weighted by atomic mass is 35.5. The van der Waals surface area contributed by atoms with Crippen molar-refractivity contribution in [3.8, 4) is 17.1 Å². The number of carbonyl (C=O) groups excluding carboxylic acids is 1. The lowest BCUT2D eigenvalue weighted by molar-refractivity contribution is -0.137. The first-order valence-corrected chi connectivity index (χ1v) is 9.16. The molecule has 0 saturated carbocycles. The van der Waals surface area contributed by atoms with Gasteiger partial charge in [0.2, 0.25) is 0 Å². The Hall–Kier alpha value is -3.73. The van der Waals surface area contributed by atoms with Crippen LogP contribution in [0.25, 0.3) is 17.1 Å². The van der Waals surface area contributed by atoms with Gasteiger partial charge in [0.15, 0.2) is 5.82 Å². The summed E-state index contributed by atoms with van der Waals surface area (Å²) in [6, 6.07) is 9.18. The lowest BCUT2D eigenvalue weighted by atomic mass is 10.0. The zero-order valence-electron chi connectivity index (χ0n) is 15.8. The highest BCUT2D eigenvalue weighted by Gasteiger charge is 2.42. The monoisotopic (exact) mass is 447 g/mol. The van der Waals surface area contributed by atoms with Gasteiger partial charge in [-0.3, -0.25) is 9.48 Å². The molecule has 0 atom stereocenters. The van der Waals surface area contributed by atoms with Gasteiger partial charge in [-0.05, 0) is 6.07 Å². The van der Waals surface area contributed by atoms with Gasteiger partial charge < -0.3 is 5.32 Å². The van der Waals surface area contributed by atoms with Crippen LogP contribution in [-0.2, 0) is 13.2 Å². The number of aromatic nitrogens is 6. The molecule has 0 aliphatic heterocycles. The number of rotatable bonds is 4. The van der Waals surface area contributed by atoms with Crippen LogP contribution in [0.3, 0.4) is 0 Å². The molecule has 12 heteroatoms. The maximum absolute atomic E-state index is 13.9. The van der Waals surface area contributed by atoms with Crippen molar-refractivity contribution in [3.05, 3.63) is 71.3 Å². The van der Waals surface area contributed by atoms with Crippen molar-refractivity contribution >= 4 is 23.2 Å². The van der Waals surface area contributed by atoms with E-state index in [2.05, 4.69) is 25.6 Å². The quantitative estimate of drug-likeness (QED) is 0.511. The normalized spacial score (nSPS) is 11.5. The minimum Gasteiger partial charge on any atom is -0.319 e. The Morgan fingerprint density at radius 3 is 2.42 bits per heavy atom. The molecule has 3 aromatic heterocycles. The highest BCUT2D eigenvalue weighted by Crippen LogP contribution is 2.39. The first-order valence-electron chi connectivity index (χ1n) is 8.79. The maximum atomic E-state index is 13.9. The largest absolute Gasteiger partial charge is 0.420 e. The van der Waals surface area contributed by atoms with E-state index in [0.717, 1.165) is 4.68 Å². The summed E-state index contributed by atoms with van der Waals surface area (Å²) in [4.78, 5) is 18.0. The Morgan fingerprint density at radius 1 is 1.13 bits per heavy atom. The molecule has 0 saturated heterocycles. The molecule has 8 nitrogen and oxygen atoms in total. The number of hydrogen-bond acceptors (Lipinski definition) is 5. The number of benzene rings is 1. The second kappa shape index (κ2) is 7.84. The molecule has 0 aliphatic rings. The zero-order valence-corrected chi connectivity index (χ0v) is 16.6. The van der Waals surface area contributed by atoms with Crippen molar-refractivity contribution in [2.75, 3.05) is 5.32 Å². The van der Waals surface area contributed by atoms with Crippen LogP contribution < -0.4 is 5.32 Å². The fourth-order valence-electron chi connectivity index (χ4n) is 3.01. The summed E-state index contributed by atoms with van der Waals surface area (Å²) in [6.45, 7) is 0. The molecule has 31 heavy (non-hydrogen) atoms. The smallest absolute Gasteiger partial charge is 0.319 e. The molecule has 1 aromatic carbocycles. The molecule has 0 spiro atoms. The molecular weight excluding hydrogens is 435 g/mol. The van der Waals surface area contributed by atoms with Crippen LogP contribution in [0.15, 0.2) is 55.0 Å². The summed E-state index contributed by atoms with van der Waals surface area (Å²) in [5, 5.41) is 14.2. The summed E-state index contributed by atoms with van der Waals surface area (Å²) in [5.74, 6) is -0.806. The van der Waals surface area contributed by atoms with E-state index in [4.69, 9.17) is 11.6 Å². The third kappa shape index (κ3) is 3.99. The highest BCUT2D eigenvalue weighted by molar-refractivity contribution is 6.32. The van der Waals surface area contributed by atoms with E-state index in [1.54, 1.807) is 18.2 Å². The molecule has 1 N–H and O–H groups in total. The minimum absolute atomic E-state index is 0.0972. The second-order valence-electron chi connectivity index (χ2n) is 6.36. The lowest BCUT2D eigenvalue weighted by Gasteiger charge is -2.12. The number of anilines is 1. The van der Waals surface area contributed by atoms with Crippen molar-refractivity contribution in [1.82, 2.24) is 29.8 Å². The molecule has 0 radical (unpaired) electrons. The number of pyridine rings is 1. The van der Waals surface area contributed by atoms with E-state index in [1.807, 2.05) is 0 Å². The van der Waals surface area contributed by atoms with Crippen molar-refractivity contribution in [3.63, 3.8) is 0 Å². The number of halogens is 4. The molecule has 158 valence electrons. The van der Waals surface area contributed by atoms with Crippen LogP contribution in [0, 0.1) is 0 Å². The fourth-order valence-corrected chi connectivity index (χ4v) is 3.25. The number of nitrogens with one attached hydrogen (secondary N) is 1. The van der Waals surface area contributed by atoms with Gasteiger partial charge >= 0.3 is 6.18 Å². The average molecular weight is 448 g/mol. The van der Waals surface area contributed by atoms with Gasteiger partial charge in [0, 0.05) is 12.6 Å². The zero-order chi connectivity index (χ0) is 22.2. The van der Waals surface area contributed by atoms with E-state index >= 15 is 0 Å². The number of hydrogen-bond donors (Lipinski definition) is 1. The predicted molar refractivity (Wildman–Crippen MR) is 106 cm³/mol. The first kappa shape index (κ1) is 20.5. The molecule has 0 unspecified atom stereocenters. The van der Waals surface area contributed by atoms with Crippen LogP contribution in [0.2, 0.25) is 5.02 Å². The molecule has 0 aliphatic carbocycles. The molecule has 0 bridgehead atoms. The summed E-state index contributed by atoms with van der Waals surface area (Å²) in [6.07, 6.45) is -0.708. The standard InChI is InChI=1S/C19H13ClF3N7O/c1-29-16(14(19(21,22)23)15(28-29)11-5-3-2-4-6-11)18(31)27-12-9-13(20)17(24-10-12)30-25-7-8-26-30/h2-10H,1H3,(H,27,31). The van der Waals surface area contributed by atoms with Gasteiger partial charge in [-0.2, -0.15) is 28.5 Å². The Kier molecular flexibility index (Phi) is 5.19. The number of amides is 1. The summed E-state index contributed by atoms with van der Waals surface area (Å²) >= 11 is 6.16. The Labute approximate surface area is 178 Å². The van der Waals surface area contributed by atoms with Gasteiger partial charge in [0.1, 0.15) is 17.0 Å². The van der Waals surface area contributed by atoms with Crippen molar-refractivity contribution in [1.29, 1.82) is 0 Å². The Morgan fingerprint density at radius 2 is 1.81 bits per heavy atom. The van der Waals surface area contributed by atoms with Gasteiger partial charge in [-0.25, -0.2) is 4.98 Å². The average Bonchev–Trinajstić information content (AvgIpc) is 3.36. The minimum atomic E-state index is -4.81. The number of nitrogens with zero attached hydrogens (tertiary/aromatic N) is 6. The molecule has 0 fully saturated rings. The second-order valence-corrected chi connectivity index (χ2v) is 6.77.